The van der Waals surface area contributed by atoms with Crippen LogP contribution in [0.4, 0.5) is 0 Å². The van der Waals surface area contributed by atoms with Gasteiger partial charge in [-0.15, -0.1) is 0 Å². The Morgan fingerprint density at radius 3 is 2.21 bits per heavy atom. The van der Waals surface area contributed by atoms with E-state index in [0.29, 0.717) is 11.5 Å². The lowest BCUT2D eigenvalue weighted by atomic mass is 10.2. The van der Waals surface area contributed by atoms with Crippen molar-refractivity contribution >= 4 is 18.1 Å². The molecule has 0 heterocycles. The molecule has 0 aromatic heterocycles. The van der Waals surface area contributed by atoms with Crippen LogP contribution in [0.1, 0.15) is 5.56 Å². The molecule has 19 heavy (non-hydrogen) atoms. The van der Waals surface area contributed by atoms with E-state index < -0.39 is 18.1 Å². The van der Waals surface area contributed by atoms with Gasteiger partial charge in [0, 0.05) is 4.90 Å². The van der Waals surface area contributed by atoms with Gasteiger partial charge in [0.2, 0.25) is 0 Å². The summed E-state index contributed by atoms with van der Waals surface area (Å²) in [6, 6.07) is 16.0. The maximum atomic E-state index is 12.1. The largest absolute Gasteiger partial charge is 0.707 e. The first-order valence-corrected chi connectivity index (χ1v) is 7.02. The SMILES string of the molecule is O=S(Cc1ccc(OB(O)O)cc1)c1ccccc1. The summed E-state index contributed by atoms with van der Waals surface area (Å²) in [7, 11) is -2.92. The first kappa shape index (κ1) is 13.8. The molecule has 2 aromatic carbocycles. The van der Waals surface area contributed by atoms with Gasteiger partial charge in [0.25, 0.3) is 0 Å². The molecule has 0 aliphatic heterocycles. The molecule has 0 fully saturated rings. The van der Waals surface area contributed by atoms with Gasteiger partial charge in [0.05, 0.1) is 16.6 Å². The first-order valence-electron chi connectivity index (χ1n) is 5.70. The van der Waals surface area contributed by atoms with Gasteiger partial charge in [-0.1, -0.05) is 30.3 Å². The van der Waals surface area contributed by atoms with E-state index in [1.807, 2.05) is 30.3 Å². The Kier molecular flexibility index (Phi) is 4.73. The third-order valence-electron chi connectivity index (χ3n) is 2.47. The molecule has 0 saturated heterocycles. The van der Waals surface area contributed by atoms with Crippen LogP contribution in [0.3, 0.4) is 0 Å². The maximum Gasteiger partial charge on any atom is 0.707 e. The van der Waals surface area contributed by atoms with E-state index in [2.05, 4.69) is 0 Å². The van der Waals surface area contributed by atoms with Crippen molar-refractivity contribution in [3.63, 3.8) is 0 Å². The van der Waals surface area contributed by atoms with E-state index in [9.17, 15) is 4.21 Å². The smallest absolute Gasteiger partial charge is 0.512 e. The standard InChI is InChI=1S/C13H13BO4S/c15-14(16)18-12-8-6-11(7-9-12)10-19(17)13-4-2-1-3-5-13/h1-9,15-16H,10H2. The molecule has 1 atom stereocenters. The normalized spacial score (nSPS) is 11.9. The lowest BCUT2D eigenvalue weighted by Gasteiger charge is -2.06. The van der Waals surface area contributed by atoms with Crippen LogP contribution in [0.15, 0.2) is 59.5 Å². The fraction of sp³-hybridized carbons (Fsp3) is 0.0769. The van der Waals surface area contributed by atoms with Crippen molar-refractivity contribution in [1.29, 1.82) is 0 Å². The number of benzene rings is 2. The molecule has 0 aliphatic carbocycles. The Hall–Kier alpha value is -1.63. The number of rotatable bonds is 5. The Bertz CT molecular complexity index is 542. The summed E-state index contributed by atoms with van der Waals surface area (Å²) in [6.07, 6.45) is 0. The fourth-order valence-electron chi connectivity index (χ4n) is 1.59. The summed E-state index contributed by atoms with van der Waals surface area (Å²) in [5.41, 5.74) is 0.891. The minimum atomic E-state index is -1.83. The minimum Gasteiger partial charge on any atom is -0.512 e. The molecule has 2 aromatic rings. The molecule has 0 amide bonds. The second kappa shape index (κ2) is 6.52. The molecule has 0 aliphatic rings. The zero-order chi connectivity index (χ0) is 13.7. The van der Waals surface area contributed by atoms with Crippen molar-refractivity contribution in [3.8, 4) is 5.75 Å². The highest BCUT2D eigenvalue weighted by Crippen LogP contribution is 2.16. The molecule has 0 saturated carbocycles. The van der Waals surface area contributed by atoms with Gasteiger partial charge in [0.1, 0.15) is 5.75 Å². The zero-order valence-electron chi connectivity index (χ0n) is 10.1. The van der Waals surface area contributed by atoms with Crippen molar-refractivity contribution in [3.05, 3.63) is 60.2 Å². The summed E-state index contributed by atoms with van der Waals surface area (Å²) < 4.78 is 16.8. The second-order valence-corrected chi connectivity index (χ2v) is 5.34. The van der Waals surface area contributed by atoms with Gasteiger partial charge in [-0.25, -0.2) is 0 Å². The molecule has 6 heteroatoms. The van der Waals surface area contributed by atoms with Crippen LogP contribution in [0.2, 0.25) is 0 Å². The summed E-state index contributed by atoms with van der Waals surface area (Å²) in [6.45, 7) is 0. The molecule has 1 unspecified atom stereocenters. The van der Waals surface area contributed by atoms with Crippen LogP contribution in [0, 0.1) is 0 Å². The summed E-state index contributed by atoms with van der Waals surface area (Å²) in [5.74, 6) is 0.760. The fourth-order valence-corrected chi connectivity index (χ4v) is 2.72. The van der Waals surface area contributed by atoms with Gasteiger partial charge in [-0.3, -0.25) is 4.21 Å². The highest BCUT2D eigenvalue weighted by molar-refractivity contribution is 7.84. The highest BCUT2D eigenvalue weighted by Gasteiger charge is 2.11. The lowest BCUT2D eigenvalue weighted by Crippen LogP contribution is -2.20. The van der Waals surface area contributed by atoms with E-state index in [-0.39, 0.29) is 0 Å². The third kappa shape index (κ3) is 4.20. The van der Waals surface area contributed by atoms with E-state index in [0.717, 1.165) is 10.5 Å². The van der Waals surface area contributed by atoms with Gasteiger partial charge >= 0.3 is 7.32 Å². The van der Waals surface area contributed by atoms with Crippen LogP contribution in [0.5, 0.6) is 5.75 Å². The summed E-state index contributed by atoms with van der Waals surface area (Å²) in [4.78, 5) is 0.786. The van der Waals surface area contributed by atoms with Gasteiger partial charge < -0.3 is 14.7 Å². The molecule has 2 N–H and O–H groups in total. The van der Waals surface area contributed by atoms with E-state index in [1.165, 1.54) is 0 Å². The lowest BCUT2D eigenvalue weighted by molar-refractivity contribution is 0.288. The average Bonchev–Trinajstić information content (AvgIpc) is 2.41. The predicted molar refractivity (Wildman–Crippen MR) is 73.8 cm³/mol. The topological polar surface area (TPSA) is 66.8 Å². The van der Waals surface area contributed by atoms with Crippen molar-refractivity contribution in [2.24, 2.45) is 0 Å². The summed E-state index contributed by atoms with van der Waals surface area (Å²) in [5, 5.41) is 17.3. The predicted octanol–water partition coefficient (Wildman–Crippen LogP) is 1.34. The van der Waals surface area contributed by atoms with Crippen LogP contribution in [0.25, 0.3) is 0 Å². The third-order valence-corrected chi connectivity index (χ3v) is 3.86. The van der Waals surface area contributed by atoms with Crippen LogP contribution in [-0.4, -0.2) is 21.6 Å². The minimum absolute atomic E-state index is 0.351. The second-order valence-electron chi connectivity index (χ2n) is 3.89. The van der Waals surface area contributed by atoms with Gasteiger partial charge in [-0.2, -0.15) is 0 Å². The molecule has 0 spiro atoms. The number of hydrogen-bond acceptors (Lipinski definition) is 4. The Labute approximate surface area is 114 Å². The van der Waals surface area contributed by atoms with Crippen molar-refractivity contribution in [2.45, 2.75) is 10.6 Å². The molecule has 0 radical (unpaired) electrons. The van der Waals surface area contributed by atoms with Gasteiger partial charge in [-0.05, 0) is 29.8 Å². The zero-order valence-corrected chi connectivity index (χ0v) is 10.9. The van der Waals surface area contributed by atoms with Gasteiger partial charge in [0.15, 0.2) is 0 Å². The van der Waals surface area contributed by atoms with Crippen LogP contribution in [-0.2, 0) is 16.6 Å². The van der Waals surface area contributed by atoms with Crippen LogP contribution < -0.4 is 4.65 Å². The quantitative estimate of drug-likeness (QED) is 0.809. The van der Waals surface area contributed by atoms with E-state index >= 15 is 0 Å². The molecule has 98 valence electrons. The maximum absolute atomic E-state index is 12.1. The molecule has 2 rings (SSSR count). The molecular weight excluding hydrogens is 263 g/mol. The Balaban J connectivity index is 2.02. The van der Waals surface area contributed by atoms with Crippen molar-refractivity contribution < 1.29 is 18.9 Å². The monoisotopic (exact) mass is 276 g/mol. The van der Waals surface area contributed by atoms with E-state index in [4.69, 9.17) is 14.7 Å². The highest BCUT2D eigenvalue weighted by atomic mass is 32.2. The van der Waals surface area contributed by atoms with Crippen LogP contribution >= 0.6 is 0 Å². The number of hydrogen-bond donors (Lipinski definition) is 2. The van der Waals surface area contributed by atoms with Crippen molar-refractivity contribution in [1.82, 2.24) is 0 Å². The first-order chi connectivity index (χ1) is 9.15. The average molecular weight is 276 g/mol. The van der Waals surface area contributed by atoms with Crippen molar-refractivity contribution in [2.75, 3.05) is 0 Å². The Morgan fingerprint density at radius 2 is 1.63 bits per heavy atom. The van der Waals surface area contributed by atoms with E-state index in [1.54, 1.807) is 24.3 Å². The molecule has 0 bridgehead atoms. The molecular formula is C13H13BO4S. The molecule has 4 nitrogen and oxygen atoms in total. The summed E-state index contributed by atoms with van der Waals surface area (Å²) >= 11 is 0. The Morgan fingerprint density at radius 1 is 1.00 bits per heavy atom.